The normalized spacial score (nSPS) is 22.9. The second-order valence-electron chi connectivity index (χ2n) is 8.07. The van der Waals surface area contributed by atoms with Gasteiger partial charge in [-0.15, -0.1) is 5.10 Å². The zero-order valence-corrected chi connectivity index (χ0v) is 17.9. The van der Waals surface area contributed by atoms with Gasteiger partial charge in [0.25, 0.3) is 0 Å². The number of carbonyl (C=O) groups excluding carboxylic acids is 2. The van der Waals surface area contributed by atoms with Gasteiger partial charge in [0, 0.05) is 36.2 Å². The summed E-state index contributed by atoms with van der Waals surface area (Å²) >= 11 is 1.34. The molecule has 0 spiro atoms. The van der Waals surface area contributed by atoms with Gasteiger partial charge < -0.3 is 15.4 Å². The lowest BCUT2D eigenvalue weighted by molar-refractivity contribution is -0.132. The predicted octanol–water partition coefficient (Wildman–Crippen LogP) is 1.45. The number of likely N-dealkylation sites (tertiary alicyclic amines) is 2. The zero-order chi connectivity index (χ0) is 21.1. The van der Waals surface area contributed by atoms with Crippen molar-refractivity contribution in [2.75, 3.05) is 39.8 Å². The van der Waals surface area contributed by atoms with Crippen LogP contribution in [0.3, 0.4) is 0 Å². The predicted molar refractivity (Wildman–Crippen MR) is 113 cm³/mol. The Kier molecular flexibility index (Phi) is 6.29. The SMILES string of the molecule is COc1cccc([C@@H]2CN(C(=O)CN3CCC(C(N)=O)CC3)C[C@H]2c2csnn2)c1. The van der Waals surface area contributed by atoms with Crippen molar-refractivity contribution in [2.45, 2.75) is 24.7 Å². The van der Waals surface area contributed by atoms with Crippen LogP contribution in [0.4, 0.5) is 0 Å². The highest BCUT2D eigenvalue weighted by atomic mass is 32.1. The van der Waals surface area contributed by atoms with E-state index in [0.29, 0.717) is 19.6 Å². The topological polar surface area (TPSA) is 102 Å². The first-order valence-electron chi connectivity index (χ1n) is 10.3. The van der Waals surface area contributed by atoms with Crippen molar-refractivity contribution in [3.8, 4) is 5.75 Å². The monoisotopic (exact) mass is 429 g/mol. The molecule has 0 aliphatic carbocycles. The summed E-state index contributed by atoms with van der Waals surface area (Å²) < 4.78 is 9.43. The molecule has 0 saturated carbocycles. The van der Waals surface area contributed by atoms with Gasteiger partial charge in [0.1, 0.15) is 5.75 Å². The van der Waals surface area contributed by atoms with E-state index in [0.717, 1.165) is 42.9 Å². The first-order chi connectivity index (χ1) is 14.5. The second-order valence-corrected chi connectivity index (χ2v) is 8.68. The maximum absolute atomic E-state index is 13.1. The molecule has 1 aromatic heterocycles. The van der Waals surface area contributed by atoms with Crippen LogP contribution in [0.25, 0.3) is 0 Å². The summed E-state index contributed by atoms with van der Waals surface area (Å²) in [4.78, 5) is 28.5. The number of amides is 2. The number of nitrogens with zero attached hydrogens (tertiary/aromatic N) is 4. The van der Waals surface area contributed by atoms with Crippen molar-refractivity contribution in [1.82, 2.24) is 19.4 Å². The third kappa shape index (κ3) is 4.46. The van der Waals surface area contributed by atoms with Crippen molar-refractivity contribution in [1.29, 1.82) is 0 Å². The van der Waals surface area contributed by atoms with Crippen molar-refractivity contribution in [3.63, 3.8) is 0 Å². The van der Waals surface area contributed by atoms with E-state index in [1.165, 1.54) is 11.5 Å². The molecule has 30 heavy (non-hydrogen) atoms. The first kappa shape index (κ1) is 20.7. The molecule has 1 aromatic carbocycles. The minimum atomic E-state index is -0.235. The van der Waals surface area contributed by atoms with Crippen LogP contribution < -0.4 is 10.5 Å². The summed E-state index contributed by atoms with van der Waals surface area (Å²) in [6.45, 7) is 3.10. The van der Waals surface area contributed by atoms with Crippen molar-refractivity contribution >= 4 is 23.3 Å². The standard InChI is InChI=1S/C21H27N5O3S/c1-29-16-4-2-3-15(9-16)17-10-26(11-18(17)19-13-30-24-23-19)20(27)12-25-7-5-14(6-8-25)21(22)28/h2-4,9,13-14,17-18H,5-8,10-12H2,1H3,(H2,22,28)/t17-,18+/m0/s1. The van der Waals surface area contributed by atoms with Crippen LogP contribution in [-0.4, -0.2) is 71.0 Å². The molecular formula is C21H27N5O3S. The number of ether oxygens (including phenoxy) is 1. The van der Waals surface area contributed by atoms with Gasteiger partial charge >= 0.3 is 0 Å². The lowest BCUT2D eigenvalue weighted by Crippen LogP contribution is -2.44. The van der Waals surface area contributed by atoms with Gasteiger partial charge in [-0.2, -0.15) is 0 Å². The Hall–Kier alpha value is -2.52. The zero-order valence-electron chi connectivity index (χ0n) is 17.1. The molecule has 8 nitrogen and oxygen atoms in total. The number of methoxy groups -OCH3 is 1. The van der Waals surface area contributed by atoms with Crippen molar-refractivity contribution < 1.29 is 14.3 Å². The molecule has 9 heteroatoms. The molecular weight excluding hydrogens is 402 g/mol. The van der Waals surface area contributed by atoms with Gasteiger partial charge in [-0.05, 0) is 55.2 Å². The van der Waals surface area contributed by atoms with Crippen LogP contribution in [0, 0.1) is 5.92 Å². The van der Waals surface area contributed by atoms with Gasteiger partial charge in [-0.1, -0.05) is 16.6 Å². The van der Waals surface area contributed by atoms with E-state index in [1.54, 1.807) is 7.11 Å². The Balaban J connectivity index is 1.45. The van der Waals surface area contributed by atoms with E-state index >= 15 is 0 Å². The molecule has 4 rings (SSSR count). The summed E-state index contributed by atoms with van der Waals surface area (Å²) in [5.41, 5.74) is 7.49. The van der Waals surface area contributed by atoms with Gasteiger partial charge in [0.15, 0.2) is 0 Å². The number of hydrogen-bond donors (Lipinski definition) is 1. The number of primary amides is 1. The minimum absolute atomic E-state index is 0.0675. The van der Waals surface area contributed by atoms with E-state index < -0.39 is 0 Å². The Labute approximate surface area is 180 Å². The quantitative estimate of drug-likeness (QED) is 0.746. The molecule has 3 heterocycles. The van der Waals surface area contributed by atoms with E-state index in [4.69, 9.17) is 10.5 Å². The number of nitrogens with two attached hydrogens (primary N) is 1. The summed E-state index contributed by atoms with van der Waals surface area (Å²) in [6.07, 6.45) is 1.45. The van der Waals surface area contributed by atoms with Gasteiger partial charge in [-0.25, -0.2) is 0 Å². The Morgan fingerprint density at radius 3 is 2.67 bits per heavy atom. The summed E-state index contributed by atoms with van der Waals surface area (Å²) in [5.74, 6) is 0.883. The number of piperidine rings is 1. The lowest BCUT2D eigenvalue weighted by Gasteiger charge is -2.31. The summed E-state index contributed by atoms with van der Waals surface area (Å²) in [5, 5.41) is 6.27. The number of carbonyl (C=O) groups is 2. The third-order valence-corrected chi connectivity index (χ3v) is 6.82. The molecule has 2 N–H and O–H groups in total. The number of benzene rings is 1. The van der Waals surface area contributed by atoms with Crippen LogP contribution in [0.15, 0.2) is 29.6 Å². The van der Waals surface area contributed by atoms with E-state index in [9.17, 15) is 9.59 Å². The largest absolute Gasteiger partial charge is 0.497 e. The summed E-state index contributed by atoms with van der Waals surface area (Å²) in [7, 11) is 1.66. The van der Waals surface area contributed by atoms with Gasteiger partial charge in [0.05, 0.1) is 19.3 Å². The lowest BCUT2D eigenvalue weighted by atomic mass is 9.87. The third-order valence-electron chi connectivity index (χ3n) is 6.30. The molecule has 2 atom stereocenters. The average Bonchev–Trinajstić information content (AvgIpc) is 3.44. The molecule has 0 radical (unpaired) electrons. The van der Waals surface area contributed by atoms with Gasteiger partial charge in [-0.3, -0.25) is 14.5 Å². The molecule has 2 aliphatic rings. The average molecular weight is 430 g/mol. The van der Waals surface area contributed by atoms with Crippen molar-refractivity contribution in [3.05, 3.63) is 40.9 Å². The fraction of sp³-hybridized carbons (Fsp3) is 0.524. The Morgan fingerprint density at radius 2 is 2.00 bits per heavy atom. The first-order valence-corrected chi connectivity index (χ1v) is 11.1. The van der Waals surface area contributed by atoms with Crippen molar-refractivity contribution in [2.24, 2.45) is 11.7 Å². The highest BCUT2D eigenvalue weighted by Crippen LogP contribution is 2.40. The van der Waals surface area contributed by atoms with E-state index in [2.05, 4.69) is 20.6 Å². The van der Waals surface area contributed by atoms with E-state index in [1.807, 2.05) is 28.5 Å². The smallest absolute Gasteiger partial charge is 0.236 e. The number of rotatable bonds is 6. The maximum Gasteiger partial charge on any atom is 0.236 e. The van der Waals surface area contributed by atoms with Crippen LogP contribution in [-0.2, 0) is 9.59 Å². The highest BCUT2D eigenvalue weighted by Gasteiger charge is 2.39. The molecule has 2 aliphatic heterocycles. The molecule has 0 bridgehead atoms. The molecule has 2 aromatic rings. The molecule has 160 valence electrons. The Morgan fingerprint density at radius 1 is 1.23 bits per heavy atom. The van der Waals surface area contributed by atoms with Gasteiger partial charge in [0.2, 0.25) is 11.8 Å². The fourth-order valence-corrected chi connectivity index (χ4v) is 5.04. The molecule has 2 amide bonds. The van der Waals surface area contributed by atoms with Crippen LogP contribution >= 0.6 is 11.5 Å². The summed E-state index contributed by atoms with van der Waals surface area (Å²) in [6, 6.07) is 8.04. The van der Waals surface area contributed by atoms with E-state index in [-0.39, 0.29) is 29.6 Å². The molecule has 2 fully saturated rings. The second kappa shape index (κ2) is 9.09. The number of hydrogen-bond acceptors (Lipinski definition) is 7. The van der Waals surface area contributed by atoms with Crippen LogP contribution in [0.2, 0.25) is 0 Å². The number of aromatic nitrogens is 2. The Bertz CT molecular complexity index is 883. The molecule has 0 unspecified atom stereocenters. The van der Waals surface area contributed by atoms with Crippen LogP contribution in [0.1, 0.15) is 35.9 Å². The van der Waals surface area contributed by atoms with Crippen LogP contribution in [0.5, 0.6) is 5.75 Å². The maximum atomic E-state index is 13.1. The molecule has 2 saturated heterocycles. The highest BCUT2D eigenvalue weighted by molar-refractivity contribution is 7.03. The fourth-order valence-electron chi connectivity index (χ4n) is 4.52. The minimum Gasteiger partial charge on any atom is -0.497 e.